The lowest BCUT2D eigenvalue weighted by atomic mass is 10.1. The Labute approximate surface area is 131 Å². The molecule has 5 nitrogen and oxygen atoms in total. The van der Waals surface area contributed by atoms with Crippen molar-refractivity contribution < 1.29 is 14.7 Å². The van der Waals surface area contributed by atoms with Crippen molar-refractivity contribution in [2.24, 2.45) is 0 Å². The molecule has 0 aliphatic carbocycles. The Hall–Kier alpha value is -1.59. The highest BCUT2D eigenvalue weighted by atomic mass is 35.5. The molecule has 0 aromatic heterocycles. The van der Waals surface area contributed by atoms with Crippen LogP contribution in [0.4, 0.5) is 5.69 Å². The van der Waals surface area contributed by atoms with Gasteiger partial charge >= 0.3 is 5.97 Å². The monoisotopic (exact) mass is 314 g/mol. The number of nitrogens with zero attached hydrogens (tertiary/aromatic N) is 1. The minimum absolute atomic E-state index is 0. The first kappa shape index (κ1) is 19.4. The molecule has 1 amide bonds. The van der Waals surface area contributed by atoms with Gasteiger partial charge in [0.05, 0.1) is 6.54 Å². The number of anilines is 1. The Morgan fingerprint density at radius 3 is 2.24 bits per heavy atom. The summed E-state index contributed by atoms with van der Waals surface area (Å²) in [5.41, 5.74) is 2.78. The second-order valence-electron chi connectivity index (χ2n) is 4.99. The highest BCUT2D eigenvalue weighted by Gasteiger charge is 2.22. The van der Waals surface area contributed by atoms with Crippen molar-refractivity contribution in [3.8, 4) is 0 Å². The van der Waals surface area contributed by atoms with Crippen molar-refractivity contribution in [2.45, 2.75) is 33.2 Å². The first-order chi connectivity index (χ1) is 9.36. The third-order valence-electron chi connectivity index (χ3n) is 3.34. The number of nitrogens with one attached hydrogen (secondary N) is 1. The second-order valence-corrected chi connectivity index (χ2v) is 4.99. The molecule has 118 valence electrons. The van der Waals surface area contributed by atoms with E-state index in [0.29, 0.717) is 6.42 Å². The molecule has 1 rings (SSSR count). The van der Waals surface area contributed by atoms with Crippen LogP contribution < -0.4 is 5.32 Å². The highest BCUT2D eigenvalue weighted by Crippen LogP contribution is 2.19. The molecule has 1 atom stereocenters. The number of carboxylic acids is 1. The molecular formula is C15H23ClN2O3. The minimum Gasteiger partial charge on any atom is -0.480 e. The predicted octanol–water partition coefficient (Wildman–Crippen LogP) is 2.46. The van der Waals surface area contributed by atoms with Crippen LogP contribution >= 0.6 is 12.4 Å². The van der Waals surface area contributed by atoms with Crippen LogP contribution in [0.15, 0.2) is 18.2 Å². The highest BCUT2D eigenvalue weighted by molar-refractivity contribution is 5.94. The van der Waals surface area contributed by atoms with Gasteiger partial charge in [0.1, 0.15) is 6.04 Å². The van der Waals surface area contributed by atoms with Gasteiger partial charge in [-0.25, -0.2) is 0 Å². The molecule has 0 saturated carbocycles. The summed E-state index contributed by atoms with van der Waals surface area (Å²) in [5.74, 6) is -1.11. The number of rotatable bonds is 6. The number of likely N-dealkylation sites (N-methyl/N-ethyl adjacent to an activating group) is 1. The molecular weight excluding hydrogens is 292 g/mol. The predicted molar refractivity (Wildman–Crippen MR) is 86.1 cm³/mol. The molecule has 6 heteroatoms. The second kappa shape index (κ2) is 8.64. The van der Waals surface area contributed by atoms with E-state index in [4.69, 9.17) is 5.11 Å². The van der Waals surface area contributed by atoms with Crippen molar-refractivity contribution in [3.63, 3.8) is 0 Å². The number of halogens is 1. The van der Waals surface area contributed by atoms with Crippen LogP contribution in [0, 0.1) is 13.8 Å². The first-order valence-corrected chi connectivity index (χ1v) is 6.66. The maximum absolute atomic E-state index is 12.0. The fourth-order valence-electron chi connectivity index (χ4n) is 2.20. The summed E-state index contributed by atoms with van der Waals surface area (Å²) in [4.78, 5) is 24.6. The maximum atomic E-state index is 12.0. The minimum atomic E-state index is -0.908. The number of carbonyl (C=O) groups is 2. The Balaban J connectivity index is 0.00000400. The lowest BCUT2D eigenvalue weighted by Gasteiger charge is -2.23. The number of aliphatic carboxylic acids is 1. The van der Waals surface area contributed by atoms with Gasteiger partial charge in [-0.2, -0.15) is 0 Å². The van der Waals surface area contributed by atoms with E-state index < -0.39 is 12.0 Å². The van der Waals surface area contributed by atoms with Gasteiger partial charge in [-0.15, -0.1) is 12.4 Å². The Morgan fingerprint density at radius 1 is 1.29 bits per heavy atom. The van der Waals surface area contributed by atoms with Gasteiger partial charge in [0, 0.05) is 5.69 Å². The molecule has 0 heterocycles. The summed E-state index contributed by atoms with van der Waals surface area (Å²) >= 11 is 0. The lowest BCUT2D eigenvalue weighted by molar-refractivity contribution is -0.143. The molecule has 1 aromatic rings. The van der Waals surface area contributed by atoms with Gasteiger partial charge in [-0.05, 0) is 38.4 Å². The van der Waals surface area contributed by atoms with Crippen molar-refractivity contribution in [2.75, 3.05) is 18.9 Å². The van der Waals surface area contributed by atoms with Crippen LogP contribution in [-0.4, -0.2) is 41.5 Å². The number of carbonyl (C=O) groups excluding carboxylic acids is 1. The van der Waals surface area contributed by atoms with Gasteiger partial charge in [0.15, 0.2) is 0 Å². The molecule has 0 fully saturated rings. The molecule has 0 bridgehead atoms. The summed E-state index contributed by atoms with van der Waals surface area (Å²) in [6.45, 7) is 5.70. The van der Waals surface area contributed by atoms with Gasteiger partial charge in [0.2, 0.25) is 5.91 Å². The van der Waals surface area contributed by atoms with Crippen molar-refractivity contribution in [1.29, 1.82) is 0 Å². The van der Waals surface area contributed by atoms with E-state index >= 15 is 0 Å². The molecule has 0 aliphatic rings. The van der Waals surface area contributed by atoms with Crippen LogP contribution in [0.3, 0.4) is 0 Å². The fourth-order valence-corrected chi connectivity index (χ4v) is 2.20. The molecule has 0 saturated heterocycles. The third kappa shape index (κ3) is 5.36. The summed E-state index contributed by atoms with van der Waals surface area (Å²) in [6.07, 6.45) is 0.461. The Kier molecular flexibility index (Phi) is 7.99. The molecule has 21 heavy (non-hydrogen) atoms. The summed E-state index contributed by atoms with van der Waals surface area (Å²) in [7, 11) is 1.65. The standard InChI is InChI=1S/C15H22N2O3.ClH/c1-5-12(15(19)20)17(4)9-13(18)16-14-10(2)7-6-8-11(14)3;/h6-8,12H,5,9H2,1-4H3,(H,16,18)(H,19,20);1H. The Bertz CT molecular complexity index is 485. The number of aryl methyl sites for hydroxylation is 2. The number of hydrogen-bond donors (Lipinski definition) is 2. The number of benzene rings is 1. The van der Waals surface area contributed by atoms with E-state index in [-0.39, 0.29) is 24.9 Å². The SMILES string of the molecule is CCC(C(=O)O)N(C)CC(=O)Nc1c(C)cccc1C.Cl. The van der Waals surface area contributed by atoms with E-state index in [2.05, 4.69) is 5.32 Å². The first-order valence-electron chi connectivity index (χ1n) is 6.66. The maximum Gasteiger partial charge on any atom is 0.320 e. The fraction of sp³-hybridized carbons (Fsp3) is 0.467. The summed E-state index contributed by atoms with van der Waals surface area (Å²) < 4.78 is 0. The van der Waals surface area contributed by atoms with Crippen LogP contribution in [0.5, 0.6) is 0 Å². The average Bonchev–Trinajstić information content (AvgIpc) is 2.34. The molecule has 0 radical (unpaired) electrons. The van der Waals surface area contributed by atoms with E-state index in [1.54, 1.807) is 18.9 Å². The van der Waals surface area contributed by atoms with E-state index in [9.17, 15) is 9.59 Å². The molecule has 2 N–H and O–H groups in total. The summed E-state index contributed by atoms with van der Waals surface area (Å²) in [6, 6.07) is 5.15. The lowest BCUT2D eigenvalue weighted by Crippen LogP contribution is -2.42. The van der Waals surface area contributed by atoms with E-state index in [1.165, 1.54) is 0 Å². The quantitative estimate of drug-likeness (QED) is 0.846. The molecule has 1 unspecified atom stereocenters. The van der Waals surface area contributed by atoms with Crippen LogP contribution in [0.1, 0.15) is 24.5 Å². The zero-order valence-electron chi connectivity index (χ0n) is 12.8. The van der Waals surface area contributed by atoms with Crippen LogP contribution in [-0.2, 0) is 9.59 Å². The molecule has 1 aromatic carbocycles. The van der Waals surface area contributed by atoms with Crippen molar-refractivity contribution >= 4 is 30.0 Å². The normalized spacial score (nSPS) is 11.7. The number of hydrogen-bond acceptors (Lipinski definition) is 3. The Morgan fingerprint density at radius 2 is 1.81 bits per heavy atom. The van der Waals surface area contributed by atoms with Crippen LogP contribution in [0.2, 0.25) is 0 Å². The van der Waals surface area contributed by atoms with Gasteiger partial charge in [-0.3, -0.25) is 14.5 Å². The number of para-hydroxylation sites is 1. The van der Waals surface area contributed by atoms with E-state index in [0.717, 1.165) is 16.8 Å². The average molecular weight is 315 g/mol. The molecule has 0 aliphatic heterocycles. The van der Waals surface area contributed by atoms with Crippen LogP contribution in [0.25, 0.3) is 0 Å². The molecule has 0 spiro atoms. The van der Waals surface area contributed by atoms with Crippen molar-refractivity contribution in [3.05, 3.63) is 29.3 Å². The third-order valence-corrected chi connectivity index (χ3v) is 3.34. The van der Waals surface area contributed by atoms with Gasteiger partial charge in [-0.1, -0.05) is 25.1 Å². The van der Waals surface area contributed by atoms with Crippen molar-refractivity contribution in [1.82, 2.24) is 4.90 Å². The van der Waals surface area contributed by atoms with Gasteiger partial charge in [0.25, 0.3) is 0 Å². The zero-order valence-corrected chi connectivity index (χ0v) is 13.7. The smallest absolute Gasteiger partial charge is 0.320 e. The topological polar surface area (TPSA) is 69.6 Å². The summed E-state index contributed by atoms with van der Waals surface area (Å²) in [5, 5.41) is 11.9. The largest absolute Gasteiger partial charge is 0.480 e. The number of carboxylic acid groups (broad SMARTS) is 1. The van der Waals surface area contributed by atoms with Gasteiger partial charge < -0.3 is 10.4 Å². The zero-order chi connectivity index (χ0) is 15.3. The number of amides is 1. The van der Waals surface area contributed by atoms with E-state index in [1.807, 2.05) is 32.0 Å².